The minimum absolute atomic E-state index is 0. The molecule has 106 valence electrons. The van der Waals surface area contributed by atoms with Crippen molar-refractivity contribution in [3.8, 4) is 0 Å². The van der Waals surface area contributed by atoms with E-state index >= 15 is 0 Å². The highest BCUT2D eigenvalue weighted by Crippen LogP contribution is 2.28. The number of hydrogen-bond acceptors (Lipinski definition) is 2. The van der Waals surface area contributed by atoms with Crippen LogP contribution in [0.4, 0.5) is 0 Å². The number of amides is 1. The van der Waals surface area contributed by atoms with E-state index in [1.165, 1.54) is 0 Å². The SMILES string of the molecule is CC1CCC(C(=O)NCCCCCC(=O)O)CC1.[HH]. The van der Waals surface area contributed by atoms with Gasteiger partial charge < -0.3 is 10.4 Å². The molecule has 0 bridgehead atoms. The molecule has 0 radical (unpaired) electrons. The Hall–Kier alpha value is -1.06. The van der Waals surface area contributed by atoms with E-state index in [-0.39, 0.29) is 19.7 Å². The summed E-state index contributed by atoms with van der Waals surface area (Å²) in [5.41, 5.74) is 0. The van der Waals surface area contributed by atoms with Crippen molar-refractivity contribution >= 4 is 11.9 Å². The third kappa shape index (κ3) is 6.03. The summed E-state index contributed by atoms with van der Waals surface area (Å²) in [6.45, 7) is 2.93. The predicted octanol–water partition coefficient (Wildman–Crippen LogP) is 2.82. The molecule has 0 atom stereocenters. The number of carboxylic acid groups (broad SMARTS) is 1. The number of carbonyl (C=O) groups excluding carboxylic acids is 1. The summed E-state index contributed by atoms with van der Waals surface area (Å²) in [5, 5.41) is 11.4. The molecule has 0 heterocycles. The first-order valence-electron chi connectivity index (χ1n) is 7.09. The van der Waals surface area contributed by atoms with E-state index in [9.17, 15) is 9.59 Å². The van der Waals surface area contributed by atoms with Gasteiger partial charge in [0, 0.05) is 20.3 Å². The van der Waals surface area contributed by atoms with Crippen molar-refractivity contribution < 1.29 is 16.1 Å². The second-order valence-corrected chi connectivity index (χ2v) is 5.45. The minimum Gasteiger partial charge on any atom is -0.481 e. The Bertz CT molecular complexity index is 276. The quantitative estimate of drug-likeness (QED) is 0.689. The van der Waals surface area contributed by atoms with Gasteiger partial charge in [0.2, 0.25) is 5.91 Å². The van der Waals surface area contributed by atoms with Gasteiger partial charge in [-0.05, 0) is 44.4 Å². The Morgan fingerprint density at radius 1 is 1.17 bits per heavy atom. The minimum atomic E-state index is -0.740. The Morgan fingerprint density at radius 2 is 1.83 bits per heavy atom. The van der Waals surface area contributed by atoms with E-state index in [4.69, 9.17) is 5.11 Å². The molecule has 0 aliphatic heterocycles. The van der Waals surface area contributed by atoms with E-state index in [2.05, 4.69) is 12.2 Å². The lowest BCUT2D eigenvalue weighted by Crippen LogP contribution is -2.33. The Balaban J connectivity index is 0.00000324. The molecule has 2 N–H and O–H groups in total. The summed E-state index contributed by atoms with van der Waals surface area (Å²) < 4.78 is 0. The number of hydrogen-bond donors (Lipinski definition) is 2. The standard InChI is InChI=1S/C14H25NO3.H2/c1-11-6-8-12(9-7-11)14(18)15-10-4-2-3-5-13(16)17;/h11-12H,2-10H2,1H3,(H,15,18)(H,16,17);1H. The van der Waals surface area contributed by atoms with E-state index in [0.717, 1.165) is 44.4 Å². The summed E-state index contributed by atoms with van der Waals surface area (Å²) >= 11 is 0. The molecule has 1 rings (SSSR count). The molecule has 18 heavy (non-hydrogen) atoms. The van der Waals surface area contributed by atoms with Crippen molar-refractivity contribution in [1.29, 1.82) is 0 Å². The van der Waals surface area contributed by atoms with Gasteiger partial charge in [-0.3, -0.25) is 9.59 Å². The third-order valence-electron chi connectivity index (χ3n) is 3.75. The lowest BCUT2D eigenvalue weighted by atomic mass is 9.82. The van der Waals surface area contributed by atoms with Crippen LogP contribution < -0.4 is 5.32 Å². The second kappa shape index (κ2) is 8.11. The van der Waals surface area contributed by atoms with Gasteiger partial charge in [0.25, 0.3) is 0 Å². The van der Waals surface area contributed by atoms with Gasteiger partial charge in [0.15, 0.2) is 0 Å². The van der Waals surface area contributed by atoms with Crippen LogP contribution in [0.3, 0.4) is 0 Å². The zero-order valence-corrected chi connectivity index (χ0v) is 11.3. The Labute approximate surface area is 111 Å². The normalized spacial score (nSPS) is 23.6. The molecule has 0 spiro atoms. The molecule has 0 aromatic heterocycles. The molecule has 0 unspecified atom stereocenters. The van der Waals surface area contributed by atoms with E-state index in [1.807, 2.05) is 0 Å². The summed E-state index contributed by atoms with van der Waals surface area (Å²) in [4.78, 5) is 22.1. The number of carbonyl (C=O) groups is 2. The van der Waals surface area contributed by atoms with Crippen LogP contribution in [0.15, 0.2) is 0 Å². The number of nitrogens with one attached hydrogen (secondary N) is 1. The Kier molecular flexibility index (Phi) is 6.76. The first-order valence-corrected chi connectivity index (χ1v) is 7.09. The fourth-order valence-corrected chi connectivity index (χ4v) is 2.46. The maximum absolute atomic E-state index is 11.8. The zero-order chi connectivity index (χ0) is 13.4. The number of unbranched alkanes of at least 4 members (excludes halogenated alkanes) is 2. The molecule has 4 heteroatoms. The summed E-state index contributed by atoms with van der Waals surface area (Å²) in [7, 11) is 0. The number of rotatable bonds is 7. The lowest BCUT2D eigenvalue weighted by molar-refractivity contribution is -0.137. The van der Waals surface area contributed by atoms with Crippen LogP contribution in [0.1, 0.15) is 59.7 Å². The maximum atomic E-state index is 11.8. The molecule has 1 aliphatic rings. The summed E-state index contributed by atoms with van der Waals surface area (Å²) in [5.74, 6) is 0.431. The molecule has 1 fully saturated rings. The summed E-state index contributed by atoms with van der Waals surface area (Å²) in [6, 6.07) is 0. The van der Waals surface area contributed by atoms with Crippen molar-refractivity contribution in [2.24, 2.45) is 11.8 Å². The first kappa shape index (κ1) is 15.0. The van der Waals surface area contributed by atoms with Crippen LogP contribution in [-0.2, 0) is 9.59 Å². The van der Waals surface area contributed by atoms with Crippen molar-refractivity contribution in [2.45, 2.75) is 58.3 Å². The fraction of sp³-hybridized carbons (Fsp3) is 0.857. The van der Waals surface area contributed by atoms with Gasteiger partial charge in [-0.25, -0.2) is 0 Å². The van der Waals surface area contributed by atoms with Crippen LogP contribution in [-0.4, -0.2) is 23.5 Å². The number of carboxylic acids is 1. The van der Waals surface area contributed by atoms with E-state index in [0.29, 0.717) is 13.0 Å². The maximum Gasteiger partial charge on any atom is 0.303 e. The number of aliphatic carboxylic acids is 1. The van der Waals surface area contributed by atoms with E-state index < -0.39 is 5.97 Å². The average molecular weight is 257 g/mol. The van der Waals surface area contributed by atoms with Crippen LogP contribution in [0.25, 0.3) is 0 Å². The van der Waals surface area contributed by atoms with Gasteiger partial charge in [0.05, 0.1) is 0 Å². The predicted molar refractivity (Wildman–Crippen MR) is 72.3 cm³/mol. The highest BCUT2D eigenvalue weighted by Gasteiger charge is 2.23. The van der Waals surface area contributed by atoms with Gasteiger partial charge in [-0.15, -0.1) is 0 Å². The van der Waals surface area contributed by atoms with Gasteiger partial charge in [-0.2, -0.15) is 0 Å². The Morgan fingerprint density at radius 3 is 2.44 bits per heavy atom. The molecule has 0 aromatic carbocycles. The van der Waals surface area contributed by atoms with Gasteiger partial charge >= 0.3 is 5.97 Å². The van der Waals surface area contributed by atoms with Crippen LogP contribution in [0, 0.1) is 11.8 Å². The smallest absolute Gasteiger partial charge is 0.303 e. The molecule has 4 nitrogen and oxygen atoms in total. The van der Waals surface area contributed by atoms with Crippen molar-refractivity contribution in [2.75, 3.05) is 6.54 Å². The third-order valence-corrected chi connectivity index (χ3v) is 3.75. The highest BCUT2D eigenvalue weighted by molar-refractivity contribution is 5.78. The monoisotopic (exact) mass is 257 g/mol. The molecule has 0 aromatic rings. The van der Waals surface area contributed by atoms with Gasteiger partial charge in [0.1, 0.15) is 0 Å². The molecule has 1 aliphatic carbocycles. The molecular weight excluding hydrogens is 230 g/mol. The van der Waals surface area contributed by atoms with Gasteiger partial charge in [-0.1, -0.05) is 13.3 Å². The van der Waals surface area contributed by atoms with Crippen LogP contribution in [0.5, 0.6) is 0 Å². The van der Waals surface area contributed by atoms with Crippen molar-refractivity contribution in [1.82, 2.24) is 5.32 Å². The van der Waals surface area contributed by atoms with Crippen molar-refractivity contribution in [3.63, 3.8) is 0 Å². The largest absolute Gasteiger partial charge is 0.481 e. The van der Waals surface area contributed by atoms with Crippen molar-refractivity contribution in [3.05, 3.63) is 0 Å². The van der Waals surface area contributed by atoms with Crippen LogP contribution >= 0.6 is 0 Å². The first-order chi connectivity index (χ1) is 8.59. The lowest BCUT2D eigenvalue weighted by Gasteiger charge is -2.25. The second-order valence-electron chi connectivity index (χ2n) is 5.45. The summed E-state index contributed by atoms with van der Waals surface area (Å²) in [6.07, 6.45) is 7.04. The van der Waals surface area contributed by atoms with E-state index in [1.54, 1.807) is 0 Å². The topological polar surface area (TPSA) is 66.4 Å². The van der Waals surface area contributed by atoms with Crippen LogP contribution in [0.2, 0.25) is 0 Å². The fourth-order valence-electron chi connectivity index (χ4n) is 2.46. The molecule has 0 saturated heterocycles. The molecule has 1 saturated carbocycles. The zero-order valence-electron chi connectivity index (χ0n) is 11.3. The molecular formula is C14H27NO3. The molecule has 1 amide bonds. The highest BCUT2D eigenvalue weighted by atomic mass is 16.4. The average Bonchev–Trinajstić information content (AvgIpc) is 2.34.